The highest BCUT2D eigenvalue weighted by molar-refractivity contribution is 6.79. The molecule has 2 aliphatic carbocycles. The monoisotopic (exact) mass is 418 g/mol. The lowest BCUT2D eigenvalue weighted by Crippen LogP contribution is -2.47. The third-order valence-electron chi connectivity index (χ3n) is 8.05. The molecule has 2 atom stereocenters. The van der Waals surface area contributed by atoms with Crippen molar-refractivity contribution in [1.82, 2.24) is 0 Å². The number of hydrogen-bond donors (Lipinski definition) is 0. The van der Waals surface area contributed by atoms with Crippen LogP contribution in [0.2, 0.25) is 10.6 Å². The molecule has 1 aromatic rings. The Kier molecular flexibility index (Phi) is 7.45. The molecular weight excluding hydrogens is 376 g/mol. The van der Waals surface area contributed by atoms with Gasteiger partial charge in [-0.2, -0.15) is 0 Å². The van der Waals surface area contributed by atoms with E-state index in [1.54, 1.807) is 27.5 Å². The fraction of sp³-hybridized carbons (Fsp3) is 0.517. The number of rotatable bonds is 8. The van der Waals surface area contributed by atoms with Gasteiger partial charge in [0.15, 0.2) is 0 Å². The van der Waals surface area contributed by atoms with Gasteiger partial charge in [0.1, 0.15) is 0 Å². The molecule has 0 aromatic heterocycles. The van der Waals surface area contributed by atoms with Gasteiger partial charge in [0, 0.05) is 0 Å². The standard InChI is InChI=1S/C29H42Si/c1-8-11-15-29(16-13-12-14-17-29)30(28-23(6)21(4)22(5)24(28)7)27-19-25(9-2)18-26(10-3)20-27/h12-14,16,18-20,28,30H,8-11,15,17H2,1-7H3. The number of aryl methyl sites for hydroxylation is 2. The Morgan fingerprint density at radius 2 is 1.47 bits per heavy atom. The van der Waals surface area contributed by atoms with Crippen LogP contribution in [0.25, 0.3) is 0 Å². The van der Waals surface area contributed by atoms with Crippen LogP contribution in [0.4, 0.5) is 0 Å². The highest BCUT2D eigenvalue weighted by Crippen LogP contribution is 2.54. The molecule has 2 aliphatic rings. The van der Waals surface area contributed by atoms with Gasteiger partial charge in [-0.15, -0.1) is 0 Å². The quantitative estimate of drug-likeness (QED) is 0.379. The van der Waals surface area contributed by atoms with Gasteiger partial charge >= 0.3 is 0 Å². The molecule has 1 heteroatoms. The maximum Gasteiger partial charge on any atom is 0.0924 e. The molecule has 2 unspecified atom stereocenters. The lowest BCUT2D eigenvalue weighted by molar-refractivity contribution is 0.562. The molecule has 0 radical (unpaired) electrons. The van der Waals surface area contributed by atoms with Crippen LogP contribution in [0.5, 0.6) is 0 Å². The smallest absolute Gasteiger partial charge is 0.0840 e. The van der Waals surface area contributed by atoms with E-state index in [1.165, 1.54) is 36.8 Å². The van der Waals surface area contributed by atoms with Gasteiger partial charge < -0.3 is 0 Å². The van der Waals surface area contributed by atoms with E-state index in [0.29, 0.717) is 10.6 Å². The van der Waals surface area contributed by atoms with Gasteiger partial charge in [-0.1, -0.05) is 92.4 Å². The Labute approximate surface area is 187 Å². The van der Waals surface area contributed by atoms with Crippen molar-refractivity contribution in [2.75, 3.05) is 0 Å². The molecule has 0 nitrogen and oxygen atoms in total. The zero-order chi connectivity index (χ0) is 21.9. The van der Waals surface area contributed by atoms with Gasteiger partial charge in [0.05, 0.1) is 8.80 Å². The molecule has 0 fully saturated rings. The molecule has 0 heterocycles. The molecule has 162 valence electrons. The SMILES string of the molecule is CCCCC1([SiH](c2cc(CC)cc(CC)c2)C2C(C)=C(C)C(C)=C2C)C=CC=CC1. The van der Waals surface area contributed by atoms with Crippen molar-refractivity contribution in [2.24, 2.45) is 0 Å². The van der Waals surface area contributed by atoms with E-state index >= 15 is 0 Å². The minimum absolute atomic E-state index is 0.334. The summed E-state index contributed by atoms with van der Waals surface area (Å²) in [6, 6.07) is 7.64. The molecule has 0 spiro atoms. The summed E-state index contributed by atoms with van der Waals surface area (Å²) in [5.41, 5.74) is 10.1. The van der Waals surface area contributed by atoms with Crippen LogP contribution < -0.4 is 5.19 Å². The third-order valence-corrected chi connectivity index (χ3v) is 12.7. The predicted octanol–water partition coefficient (Wildman–Crippen LogP) is 7.75. The Morgan fingerprint density at radius 3 is 1.93 bits per heavy atom. The van der Waals surface area contributed by atoms with Crippen molar-refractivity contribution in [1.29, 1.82) is 0 Å². The summed E-state index contributed by atoms with van der Waals surface area (Å²) in [5.74, 6) is 0. The van der Waals surface area contributed by atoms with Crippen molar-refractivity contribution >= 4 is 14.0 Å². The zero-order valence-electron chi connectivity index (χ0n) is 20.4. The molecule has 0 aliphatic heterocycles. The molecule has 0 bridgehead atoms. The van der Waals surface area contributed by atoms with Crippen LogP contribution in [-0.2, 0) is 12.8 Å². The van der Waals surface area contributed by atoms with Gasteiger partial charge in [0.2, 0.25) is 0 Å². The van der Waals surface area contributed by atoms with E-state index in [-0.39, 0.29) is 0 Å². The maximum atomic E-state index is 2.63. The summed E-state index contributed by atoms with van der Waals surface area (Å²) < 4.78 is 0. The third kappa shape index (κ3) is 4.24. The van der Waals surface area contributed by atoms with E-state index in [9.17, 15) is 0 Å². The van der Waals surface area contributed by atoms with Crippen molar-refractivity contribution in [2.45, 2.75) is 97.6 Å². The number of unbranched alkanes of at least 4 members (excludes halogenated alkanes) is 1. The molecule has 1 aromatic carbocycles. The topological polar surface area (TPSA) is 0 Å². The average Bonchev–Trinajstić information content (AvgIpc) is 2.96. The first-order valence-corrected chi connectivity index (χ1v) is 14.0. The number of benzene rings is 1. The first kappa shape index (κ1) is 23.1. The first-order chi connectivity index (χ1) is 14.4. The predicted molar refractivity (Wildman–Crippen MR) is 138 cm³/mol. The lowest BCUT2D eigenvalue weighted by Gasteiger charge is -2.43. The molecule has 0 saturated carbocycles. The van der Waals surface area contributed by atoms with Crippen molar-refractivity contribution < 1.29 is 0 Å². The van der Waals surface area contributed by atoms with Crippen molar-refractivity contribution in [3.05, 3.63) is 75.9 Å². The van der Waals surface area contributed by atoms with Crippen molar-refractivity contribution in [3.63, 3.8) is 0 Å². The highest BCUT2D eigenvalue weighted by Gasteiger charge is 2.46. The van der Waals surface area contributed by atoms with E-state index in [1.807, 2.05) is 0 Å². The van der Waals surface area contributed by atoms with Crippen LogP contribution >= 0.6 is 0 Å². The molecule has 30 heavy (non-hydrogen) atoms. The highest BCUT2D eigenvalue weighted by atomic mass is 28.3. The first-order valence-electron chi connectivity index (χ1n) is 12.2. The summed E-state index contributed by atoms with van der Waals surface area (Å²) >= 11 is 0. The van der Waals surface area contributed by atoms with E-state index in [0.717, 1.165) is 12.8 Å². The zero-order valence-corrected chi connectivity index (χ0v) is 21.6. The van der Waals surface area contributed by atoms with Crippen LogP contribution in [0.1, 0.15) is 85.3 Å². The Morgan fingerprint density at radius 1 is 0.867 bits per heavy atom. The number of hydrogen-bond acceptors (Lipinski definition) is 0. The Balaban J connectivity index is 2.25. The van der Waals surface area contributed by atoms with E-state index < -0.39 is 8.80 Å². The minimum Gasteiger partial charge on any atom is -0.0840 e. The molecular formula is C29H42Si. The van der Waals surface area contributed by atoms with Crippen molar-refractivity contribution in [3.8, 4) is 0 Å². The van der Waals surface area contributed by atoms with Gasteiger partial charge in [-0.25, -0.2) is 0 Å². The second kappa shape index (κ2) is 9.69. The Hall–Kier alpha value is -1.60. The van der Waals surface area contributed by atoms with Gasteiger partial charge in [0.25, 0.3) is 0 Å². The summed E-state index contributed by atoms with van der Waals surface area (Å²) in [7, 11) is -1.42. The number of allylic oxidation sites excluding steroid dienone is 8. The second-order valence-corrected chi connectivity index (χ2v) is 13.1. The minimum atomic E-state index is -1.42. The van der Waals surface area contributed by atoms with Crippen LogP contribution in [0.3, 0.4) is 0 Å². The second-order valence-electron chi connectivity index (χ2n) is 9.69. The fourth-order valence-corrected chi connectivity index (χ4v) is 11.1. The lowest BCUT2D eigenvalue weighted by atomic mass is 9.93. The molecule has 0 amide bonds. The summed E-state index contributed by atoms with van der Waals surface area (Å²) in [4.78, 5) is 0. The summed E-state index contributed by atoms with van der Waals surface area (Å²) in [5, 5.41) is 2.04. The maximum absolute atomic E-state index is 2.63. The van der Waals surface area contributed by atoms with Crippen LogP contribution in [0.15, 0.2) is 64.8 Å². The van der Waals surface area contributed by atoms with Crippen LogP contribution in [0, 0.1) is 0 Å². The molecule has 0 saturated heterocycles. The largest absolute Gasteiger partial charge is 0.0924 e. The molecule has 0 N–H and O–H groups in total. The van der Waals surface area contributed by atoms with E-state index in [2.05, 4.69) is 91.0 Å². The summed E-state index contributed by atoms with van der Waals surface area (Å²) in [6.07, 6.45) is 17.1. The Bertz CT molecular complexity index is 849. The average molecular weight is 419 g/mol. The van der Waals surface area contributed by atoms with E-state index in [4.69, 9.17) is 0 Å². The summed E-state index contributed by atoms with van der Waals surface area (Å²) in [6.45, 7) is 16.5. The molecule has 3 rings (SSSR count). The van der Waals surface area contributed by atoms with Gasteiger partial charge in [-0.05, 0) is 86.2 Å². The normalized spacial score (nSPS) is 23.0. The van der Waals surface area contributed by atoms with Crippen LogP contribution in [-0.4, -0.2) is 8.80 Å². The fourth-order valence-electron chi connectivity index (χ4n) is 5.88. The van der Waals surface area contributed by atoms with Gasteiger partial charge in [-0.3, -0.25) is 0 Å².